The van der Waals surface area contributed by atoms with Crippen LogP contribution in [0.25, 0.3) is 0 Å². The third-order valence-electron chi connectivity index (χ3n) is 4.89. The molecule has 1 heterocycles. The number of rotatable bonds is 4. The highest BCUT2D eigenvalue weighted by Gasteiger charge is 2.41. The summed E-state index contributed by atoms with van der Waals surface area (Å²) in [6, 6.07) is 0.736. The molecule has 0 aromatic rings. The second kappa shape index (κ2) is 6.19. The van der Waals surface area contributed by atoms with E-state index >= 15 is 0 Å². The average molecular weight is 238 g/mol. The monoisotopic (exact) mass is 238 g/mol. The first kappa shape index (κ1) is 13.4. The lowest BCUT2D eigenvalue weighted by atomic mass is 9.78. The van der Waals surface area contributed by atoms with E-state index in [9.17, 15) is 0 Å². The average Bonchev–Trinajstić information content (AvgIpc) is 2.39. The van der Waals surface area contributed by atoms with Crippen molar-refractivity contribution in [2.75, 3.05) is 19.6 Å². The highest BCUT2D eigenvalue weighted by atomic mass is 15.3. The minimum Gasteiger partial charge on any atom is -0.311 e. The zero-order chi connectivity index (χ0) is 12.1. The minimum absolute atomic E-state index is 0.527. The quantitative estimate of drug-likeness (QED) is 0.809. The lowest BCUT2D eigenvalue weighted by Gasteiger charge is -2.52. The molecule has 0 radical (unpaired) electrons. The van der Waals surface area contributed by atoms with Gasteiger partial charge < -0.3 is 5.32 Å². The summed E-state index contributed by atoms with van der Waals surface area (Å²) < 4.78 is 0. The second-order valence-corrected chi connectivity index (χ2v) is 6.07. The van der Waals surface area contributed by atoms with E-state index in [1.54, 1.807) is 0 Å². The van der Waals surface area contributed by atoms with Gasteiger partial charge in [-0.1, -0.05) is 39.5 Å². The molecule has 1 spiro atoms. The normalized spacial score (nSPS) is 29.6. The molecule has 2 nitrogen and oxygen atoms in total. The van der Waals surface area contributed by atoms with Crippen molar-refractivity contribution in [3.63, 3.8) is 0 Å². The predicted molar refractivity (Wildman–Crippen MR) is 74.4 cm³/mol. The van der Waals surface area contributed by atoms with Gasteiger partial charge in [-0.25, -0.2) is 0 Å². The van der Waals surface area contributed by atoms with Crippen molar-refractivity contribution in [2.24, 2.45) is 0 Å². The molecule has 0 bridgehead atoms. The fourth-order valence-corrected chi connectivity index (χ4v) is 3.62. The first-order chi connectivity index (χ1) is 8.30. The molecular weight excluding hydrogens is 208 g/mol. The Morgan fingerprint density at radius 3 is 2.59 bits per heavy atom. The van der Waals surface area contributed by atoms with Gasteiger partial charge in [0.05, 0.1) is 0 Å². The first-order valence-corrected chi connectivity index (χ1v) is 7.79. The Labute approximate surface area is 107 Å². The topological polar surface area (TPSA) is 15.3 Å². The Bertz CT molecular complexity index is 221. The third kappa shape index (κ3) is 3.03. The van der Waals surface area contributed by atoms with E-state index < -0.39 is 0 Å². The molecule has 100 valence electrons. The third-order valence-corrected chi connectivity index (χ3v) is 4.89. The fourth-order valence-electron chi connectivity index (χ4n) is 3.62. The largest absolute Gasteiger partial charge is 0.311 e. The van der Waals surface area contributed by atoms with Gasteiger partial charge in [-0.15, -0.1) is 0 Å². The van der Waals surface area contributed by atoms with Crippen LogP contribution in [-0.4, -0.2) is 36.1 Å². The molecule has 2 rings (SSSR count). The number of nitrogens with zero attached hydrogens (tertiary/aromatic N) is 1. The summed E-state index contributed by atoms with van der Waals surface area (Å²) in [6.07, 6.45) is 11.2. The van der Waals surface area contributed by atoms with Gasteiger partial charge in [0.1, 0.15) is 0 Å². The van der Waals surface area contributed by atoms with Crippen LogP contribution in [0.5, 0.6) is 0 Å². The Hall–Kier alpha value is -0.0800. The summed E-state index contributed by atoms with van der Waals surface area (Å²) in [5.74, 6) is 0. The maximum atomic E-state index is 3.79. The van der Waals surface area contributed by atoms with Crippen molar-refractivity contribution in [2.45, 2.75) is 76.8 Å². The van der Waals surface area contributed by atoms with Crippen molar-refractivity contribution in [3.05, 3.63) is 0 Å². The molecule has 1 N–H and O–H groups in total. The van der Waals surface area contributed by atoms with Crippen LogP contribution in [0.4, 0.5) is 0 Å². The molecule has 1 saturated heterocycles. The molecule has 2 aliphatic rings. The molecule has 1 atom stereocenters. The van der Waals surface area contributed by atoms with Gasteiger partial charge >= 0.3 is 0 Å². The van der Waals surface area contributed by atoms with Gasteiger partial charge in [0.25, 0.3) is 0 Å². The maximum absolute atomic E-state index is 3.79. The number of hydrogen-bond acceptors (Lipinski definition) is 2. The smallest absolute Gasteiger partial charge is 0.0334 e. The standard InChI is InChI=1S/C15H30N2/c1-3-5-11-17-12-14(4-2)16-13-15(17)9-7-6-8-10-15/h14,16H,3-13H2,1-2H3. The van der Waals surface area contributed by atoms with Gasteiger partial charge in [-0.3, -0.25) is 4.90 Å². The van der Waals surface area contributed by atoms with Crippen LogP contribution in [0.15, 0.2) is 0 Å². The molecule has 1 aliphatic carbocycles. The van der Waals surface area contributed by atoms with Gasteiger partial charge in [-0.05, 0) is 32.2 Å². The summed E-state index contributed by atoms with van der Waals surface area (Å²) in [4.78, 5) is 2.85. The number of unbranched alkanes of at least 4 members (excludes halogenated alkanes) is 1. The van der Waals surface area contributed by atoms with Crippen LogP contribution >= 0.6 is 0 Å². The van der Waals surface area contributed by atoms with Crippen molar-refractivity contribution >= 4 is 0 Å². The van der Waals surface area contributed by atoms with E-state index in [4.69, 9.17) is 0 Å². The Morgan fingerprint density at radius 2 is 1.94 bits per heavy atom. The number of piperazine rings is 1. The van der Waals surface area contributed by atoms with Crippen molar-refractivity contribution in [1.29, 1.82) is 0 Å². The number of hydrogen-bond donors (Lipinski definition) is 1. The Morgan fingerprint density at radius 1 is 1.18 bits per heavy atom. The van der Waals surface area contributed by atoms with Crippen LogP contribution in [0.1, 0.15) is 65.2 Å². The van der Waals surface area contributed by atoms with Crippen LogP contribution in [-0.2, 0) is 0 Å². The highest BCUT2D eigenvalue weighted by Crippen LogP contribution is 2.35. The molecule has 0 amide bonds. The minimum atomic E-state index is 0.527. The highest BCUT2D eigenvalue weighted by molar-refractivity contribution is 5.00. The lowest BCUT2D eigenvalue weighted by Crippen LogP contribution is -2.65. The van der Waals surface area contributed by atoms with Gasteiger partial charge in [-0.2, -0.15) is 0 Å². The molecular formula is C15H30N2. The molecule has 17 heavy (non-hydrogen) atoms. The van der Waals surface area contributed by atoms with Crippen molar-refractivity contribution in [1.82, 2.24) is 10.2 Å². The van der Waals surface area contributed by atoms with Crippen LogP contribution in [0.2, 0.25) is 0 Å². The van der Waals surface area contributed by atoms with Gasteiger partial charge in [0, 0.05) is 24.7 Å². The lowest BCUT2D eigenvalue weighted by molar-refractivity contribution is 0.00843. The Balaban J connectivity index is 2.01. The molecule has 1 aliphatic heterocycles. The molecule has 1 saturated carbocycles. The molecule has 2 heteroatoms. The summed E-state index contributed by atoms with van der Waals surface area (Å²) in [5, 5.41) is 3.79. The van der Waals surface area contributed by atoms with Crippen molar-refractivity contribution in [3.8, 4) is 0 Å². The van der Waals surface area contributed by atoms with Crippen LogP contribution in [0, 0.1) is 0 Å². The van der Waals surface area contributed by atoms with Crippen molar-refractivity contribution < 1.29 is 0 Å². The summed E-state index contributed by atoms with van der Waals surface area (Å²) in [5.41, 5.74) is 0.527. The zero-order valence-electron chi connectivity index (χ0n) is 11.8. The van der Waals surface area contributed by atoms with Crippen LogP contribution < -0.4 is 5.32 Å². The SMILES string of the molecule is CCCCN1CC(CC)NCC12CCCCC2. The van der Waals surface area contributed by atoms with Gasteiger partial charge in [0.2, 0.25) is 0 Å². The molecule has 0 aromatic carbocycles. The van der Waals surface area contributed by atoms with Crippen LogP contribution in [0.3, 0.4) is 0 Å². The van der Waals surface area contributed by atoms with E-state index in [1.165, 1.54) is 71.0 Å². The first-order valence-electron chi connectivity index (χ1n) is 7.79. The zero-order valence-corrected chi connectivity index (χ0v) is 11.8. The van der Waals surface area contributed by atoms with E-state index in [-0.39, 0.29) is 0 Å². The van der Waals surface area contributed by atoms with Gasteiger partial charge in [0.15, 0.2) is 0 Å². The summed E-state index contributed by atoms with van der Waals surface area (Å²) in [6.45, 7) is 8.49. The maximum Gasteiger partial charge on any atom is 0.0334 e. The molecule has 1 unspecified atom stereocenters. The summed E-state index contributed by atoms with van der Waals surface area (Å²) >= 11 is 0. The second-order valence-electron chi connectivity index (χ2n) is 6.07. The summed E-state index contributed by atoms with van der Waals surface area (Å²) in [7, 11) is 0. The Kier molecular flexibility index (Phi) is 4.87. The molecule has 0 aromatic heterocycles. The van der Waals surface area contributed by atoms with E-state index in [2.05, 4.69) is 24.1 Å². The fraction of sp³-hybridized carbons (Fsp3) is 1.00. The van der Waals surface area contributed by atoms with E-state index in [1.807, 2.05) is 0 Å². The van der Waals surface area contributed by atoms with E-state index in [0.29, 0.717) is 5.54 Å². The predicted octanol–water partition coefficient (Wildman–Crippen LogP) is 3.17. The molecule has 2 fully saturated rings. The van der Waals surface area contributed by atoms with E-state index in [0.717, 1.165) is 6.04 Å². The number of nitrogens with one attached hydrogen (secondary N) is 1.